The summed E-state index contributed by atoms with van der Waals surface area (Å²) in [5.74, 6) is 2.26. The highest BCUT2D eigenvalue weighted by molar-refractivity contribution is 14.0. The van der Waals surface area contributed by atoms with Crippen molar-refractivity contribution in [2.75, 3.05) is 26.7 Å². The van der Waals surface area contributed by atoms with E-state index in [2.05, 4.69) is 33.5 Å². The molecule has 174 valence electrons. The normalized spacial score (nSPS) is 18.3. The molecule has 2 aliphatic rings. The molecule has 31 heavy (non-hydrogen) atoms. The molecule has 1 aromatic heterocycles. The van der Waals surface area contributed by atoms with E-state index in [0.29, 0.717) is 25.0 Å². The van der Waals surface area contributed by atoms with E-state index in [1.54, 1.807) is 7.05 Å². The Morgan fingerprint density at radius 2 is 1.94 bits per heavy atom. The topological polar surface area (TPSA) is 78.9 Å². The number of nitrogens with one attached hydrogen (secondary N) is 2. The Bertz CT molecular complexity index is 684. The number of amides is 1. The second-order valence-electron chi connectivity index (χ2n) is 8.36. The highest BCUT2D eigenvalue weighted by Gasteiger charge is 2.23. The van der Waals surface area contributed by atoms with Crippen molar-refractivity contribution in [3.05, 3.63) is 23.9 Å². The second-order valence-corrected chi connectivity index (χ2v) is 8.36. The van der Waals surface area contributed by atoms with Crippen LogP contribution in [0.5, 0.6) is 5.88 Å². The number of aliphatic imine (C=N–C) groups is 1. The van der Waals surface area contributed by atoms with Crippen LogP contribution in [0.1, 0.15) is 63.9 Å². The van der Waals surface area contributed by atoms with Crippen LogP contribution in [0, 0.1) is 5.92 Å². The number of hydrogen-bond donors (Lipinski definition) is 2. The van der Waals surface area contributed by atoms with Gasteiger partial charge in [-0.05, 0) is 56.9 Å². The molecule has 0 radical (unpaired) electrons. The third-order valence-corrected chi connectivity index (χ3v) is 6.05. The summed E-state index contributed by atoms with van der Waals surface area (Å²) >= 11 is 0. The van der Waals surface area contributed by atoms with Crippen molar-refractivity contribution < 1.29 is 9.53 Å². The molecule has 1 aromatic rings. The van der Waals surface area contributed by atoms with Gasteiger partial charge in [0.15, 0.2) is 5.96 Å². The molecule has 2 fully saturated rings. The average Bonchev–Trinajstić information content (AvgIpc) is 2.79. The van der Waals surface area contributed by atoms with Crippen molar-refractivity contribution in [2.24, 2.45) is 10.9 Å². The number of rotatable bonds is 7. The summed E-state index contributed by atoms with van der Waals surface area (Å²) in [7, 11) is 1.71. The summed E-state index contributed by atoms with van der Waals surface area (Å²) in [5, 5.41) is 6.13. The van der Waals surface area contributed by atoms with Crippen LogP contribution in [0.25, 0.3) is 0 Å². The number of hydrogen-bond acceptors (Lipinski definition) is 4. The smallest absolute Gasteiger partial charge is 0.220 e. The number of carbonyl (C=O) groups excluding carboxylic acids is 1. The first kappa shape index (κ1) is 25.7. The molecule has 1 amide bonds. The van der Waals surface area contributed by atoms with Crippen LogP contribution < -0.4 is 15.4 Å². The van der Waals surface area contributed by atoms with Crippen LogP contribution in [0.4, 0.5) is 0 Å². The number of piperidine rings is 1. The molecule has 0 atom stereocenters. The van der Waals surface area contributed by atoms with Gasteiger partial charge in [-0.2, -0.15) is 0 Å². The van der Waals surface area contributed by atoms with E-state index < -0.39 is 0 Å². The molecule has 1 aliphatic carbocycles. The van der Waals surface area contributed by atoms with E-state index >= 15 is 0 Å². The van der Waals surface area contributed by atoms with E-state index in [1.807, 2.05) is 12.3 Å². The van der Waals surface area contributed by atoms with Gasteiger partial charge in [-0.25, -0.2) is 9.98 Å². The van der Waals surface area contributed by atoms with Crippen molar-refractivity contribution in [1.29, 1.82) is 0 Å². The number of nitrogens with zero attached hydrogens (tertiary/aromatic N) is 3. The number of likely N-dealkylation sites (tertiary alicyclic amines) is 1. The second kappa shape index (κ2) is 13.8. The molecule has 8 heteroatoms. The average molecular weight is 543 g/mol. The Kier molecular flexibility index (Phi) is 11.4. The quantitative estimate of drug-likeness (QED) is 0.312. The van der Waals surface area contributed by atoms with E-state index in [9.17, 15) is 4.79 Å². The van der Waals surface area contributed by atoms with Gasteiger partial charge in [0.25, 0.3) is 0 Å². The minimum atomic E-state index is 0. The fraction of sp³-hybridized carbons (Fsp3) is 0.696. The molecule has 0 spiro atoms. The van der Waals surface area contributed by atoms with Gasteiger partial charge in [-0.1, -0.05) is 12.5 Å². The zero-order chi connectivity index (χ0) is 21.2. The van der Waals surface area contributed by atoms with Crippen LogP contribution in [-0.4, -0.2) is 54.5 Å². The lowest BCUT2D eigenvalue weighted by Crippen LogP contribution is -2.46. The number of ether oxygens (including phenoxy) is 1. The SMILES string of the molecule is CCNC(=NCc1ccc(OC2CCCCC2)nc1)N1CCC(CC(=O)NC)CC1.I. The van der Waals surface area contributed by atoms with Crippen molar-refractivity contribution in [3.63, 3.8) is 0 Å². The minimum absolute atomic E-state index is 0. The van der Waals surface area contributed by atoms with Gasteiger partial charge in [0, 0.05) is 45.4 Å². The summed E-state index contributed by atoms with van der Waals surface area (Å²) in [6.07, 6.45) is 11.0. The Labute approximate surface area is 203 Å². The highest BCUT2D eigenvalue weighted by atomic mass is 127. The fourth-order valence-electron chi connectivity index (χ4n) is 4.23. The lowest BCUT2D eigenvalue weighted by atomic mass is 9.93. The van der Waals surface area contributed by atoms with Gasteiger partial charge in [-0.3, -0.25) is 4.79 Å². The molecule has 2 heterocycles. The maximum Gasteiger partial charge on any atom is 0.220 e. The van der Waals surface area contributed by atoms with E-state index in [4.69, 9.17) is 9.73 Å². The van der Waals surface area contributed by atoms with E-state index in [0.717, 1.165) is 62.7 Å². The molecule has 1 saturated heterocycles. The van der Waals surface area contributed by atoms with Crippen molar-refractivity contribution in [1.82, 2.24) is 20.5 Å². The number of guanidine groups is 1. The Morgan fingerprint density at radius 3 is 2.55 bits per heavy atom. The van der Waals surface area contributed by atoms with Crippen molar-refractivity contribution in [2.45, 2.75) is 70.9 Å². The third kappa shape index (κ3) is 8.46. The zero-order valence-corrected chi connectivity index (χ0v) is 21.3. The molecule has 7 nitrogen and oxygen atoms in total. The predicted octanol–water partition coefficient (Wildman–Crippen LogP) is 3.72. The first-order valence-electron chi connectivity index (χ1n) is 11.5. The molecule has 1 aliphatic heterocycles. The first-order valence-corrected chi connectivity index (χ1v) is 11.5. The van der Waals surface area contributed by atoms with Crippen LogP contribution in [0.3, 0.4) is 0 Å². The third-order valence-electron chi connectivity index (χ3n) is 6.05. The largest absolute Gasteiger partial charge is 0.474 e. The van der Waals surface area contributed by atoms with E-state index in [1.165, 1.54) is 19.3 Å². The number of halogens is 1. The lowest BCUT2D eigenvalue weighted by Gasteiger charge is -2.34. The minimum Gasteiger partial charge on any atom is -0.474 e. The molecule has 0 unspecified atom stereocenters. The van der Waals surface area contributed by atoms with Crippen LogP contribution >= 0.6 is 24.0 Å². The molecular weight excluding hydrogens is 505 g/mol. The number of pyridine rings is 1. The van der Waals surface area contributed by atoms with Gasteiger partial charge in [0.1, 0.15) is 6.10 Å². The standard InChI is InChI=1S/C23H37N5O2.HI/c1-3-25-23(28-13-11-18(12-14-28)15-21(29)24-2)27-17-19-9-10-22(26-16-19)30-20-7-5-4-6-8-20;/h9-10,16,18,20H,3-8,11-15,17H2,1-2H3,(H,24,29)(H,25,27);1H. The van der Waals surface area contributed by atoms with E-state index in [-0.39, 0.29) is 29.9 Å². The monoisotopic (exact) mass is 543 g/mol. The molecule has 3 rings (SSSR count). The number of aromatic nitrogens is 1. The summed E-state index contributed by atoms with van der Waals surface area (Å²) < 4.78 is 6.02. The van der Waals surface area contributed by atoms with Crippen LogP contribution in [0.2, 0.25) is 0 Å². The van der Waals surface area contributed by atoms with Gasteiger partial charge in [0.2, 0.25) is 11.8 Å². The highest BCUT2D eigenvalue weighted by Crippen LogP contribution is 2.23. The molecule has 0 bridgehead atoms. The Morgan fingerprint density at radius 1 is 1.19 bits per heavy atom. The molecular formula is C23H38IN5O2. The van der Waals surface area contributed by atoms with Crippen LogP contribution in [0.15, 0.2) is 23.3 Å². The maximum atomic E-state index is 11.6. The molecule has 0 aromatic carbocycles. The van der Waals surface area contributed by atoms with Gasteiger partial charge >= 0.3 is 0 Å². The summed E-state index contributed by atoms with van der Waals surface area (Å²) in [5.41, 5.74) is 1.08. The zero-order valence-electron chi connectivity index (χ0n) is 18.9. The van der Waals surface area contributed by atoms with Gasteiger partial charge < -0.3 is 20.3 Å². The summed E-state index contributed by atoms with van der Waals surface area (Å²) in [6, 6.07) is 4.03. The summed E-state index contributed by atoms with van der Waals surface area (Å²) in [6.45, 7) is 5.38. The maximum absolute atomic E-state index is 11.6. The lowest BCUT2D eigenvalue weighted by molar-refractivity contribution is -0.121. The van der Waals surface area contributed by atoms with Gasteiger partial charge in [0.05, 0.1) is 6.54 Å². The fourth-order valence-corrected chi connectivity index (χ4v) is 4.23. The Hall–Kier alpha value is -1.58. The Balaban J connectivity index is 0.00000341. The van der Waals surface area contributed by atoms with Crippen molar-refractivity contribution in [3.8, 4) is 5.88 Å². The van der Waals surface area contributed by atoms with Crippen LogP contribution in [-0.2, 0) is 11.3 Å². The molecule has 1 saturated carbocycles. The first-order chi connectivity index (χ1) is 14.7. The van der Waals surface area contributed by atoms with Gasteiger partial charge in [-0.15, -0.1) is 24.0 Å². The predicted molar refractivity (Wildman–Crippen MR) is 135 cm³/mol. The summed E-state index contributed by atoms with van der Waals surface area (Å²) in [4.78, 5) is 23.2. The molecule has 2 N–H and O–H groups in total. The number of carbonyl (C=O) groups is 1. The van der Waals surface area contributed by atoms with Crippen molar-refractivity contribution >= 4 is 35.8 Å².